The molecule has 0 unspecified atom stereocenters. The molecule has 140 valence electrons. The van der Waals surface area contributed by atoms with Gasteiger partial charge in [0, 0.05) is 25.2 Å². The molecule has 1 aromatic heterocycles. The maximum atomic E-state index is 12.8. The summed E-state index contributed by atoms with van der Waals surface area (Å²) in [7, 11) is 0. The molecule has 3 heterocycles. The van der Waals surface area contributed by atoms with E-state index in [1.165, 1.54) is 0 Å². The highest BCUT2D eigenvalue weighted by Crippen LogP contribution is 2.30. The molecular formula is C18H25N5O3. The van der Waals surface area contributed by atoms with Gasteiger partial charge in [0.2, 0.25) is 0 Å². The van der Waals surface area contributed by atoms with Crippen LogP contribution in [0.3, 0.4) is 0 Å². The van der Waals surface area contributed by atoms with E-state index >= 15 is 0 Å². The lowest BCUT2D eigenvalue weighted by atomic mass is 9.88. The topological polar surface area (TPSA) is 108 Å². The first-order chi connectivity index (χ1) is 12.3. The molecule has 8 heteroatoms. The Labute approximate surface area is 152 Å². The second kappa shape index (κ2) is 7.01. The molecule has 0 atom stereocenters. The average Bonchev–Trinajstić information content (AvgIpc) is 2.89. The van der Waals surface area contributed by atoms with Crippen molar-refractivity contribution in [1.82, 2.24) is 20.2 Å². The van der Waals surface area contributed by atoms with Crippen LogP contribution in [-0.4, -0.2) is 51.1 Å². The fourth-order valence-corrected chi connectivity index (χ4v) is 3.50. The number of likely N-dealkylation sites (tertiary alicyclic amines) is 1. The second-order valence-corrected chi connectivity index (χ2v) is 7.38. The Morgan fingerprint density at radius 3 is 2.58 bits per heavy atom. The quantitative estimate of drug-likeness (QED) is 0.832. The molecule has 3 rings (SSSR count). The van der Waals surface area contributed by atoms with Crippen LogP contribution in [0.4, 0.5) is 0 Å². The van der Waals surface area contributed by atoms with E-state index in [1.807, 2.05) is 20.8 Å². The predicted octanol–water partition coefficient (Wildman–Crippen LogP) is 0.882. The van der Waals surface area contributed by atoms with Gasteiger partial charge in [-0.2, -0.15) is 4.98 Å². The summed E-state index contributed by atoms with van der Waals surface area (Å²) in [4.78, 5) is 49.6. The second-order valence-electron chi connectivity index (χ2n) is 7.38. The molecule has 2 aliphatic heterocycles. The molecule has 8 nitrogen and oxygen atoms in total. The third-order valence-corrected chi connectivity index (χ3v) is 4.89. The molecular weight excluding hydrogens is 334 g/mol. The summed E-state index contributed by atoms with van der Waals surface area (Å²) in [5.41, 5.74) is -0.377. The van der Waals surface area contributed by atoms with E-state index in [-0.39, 0.29) is 17.5 Å². The van der Waals surface area contributed by atoms with E-state index in [1.54, 1.807) is 11.0 Å². The van der Waals surface area contributed by atoms with Crippen LogP contribution >= 0.6 is 0 Å². The molecule has 0 aromatic carbocycles. The first-order valence-corrected chi connectivity index (χ1v) is 9.12. The smallest absolute Gasteiger partial charge is 0.337 e. The minimum absolute atomic E-state index is 0.0741. The maximum Gasteiger partial charge on any atom is 0.345 e. The van der Waals surface area contributed by atoms with E-state index in [0.29, 0.717) is 56.2 Å². The van der Waals surface area contributed by atoms with Crippen LogP contribution in [0.1, 0.15) is 56.2 Å². The number of hydrogen-bond acceptors (Lipinski definition) is 5. The Bertz CT molecular complexity index is 803. The van der Waals surface area contributed by atoms with Gasteiger partial charge in [-0.05, 0) is 31.2 Å². The molecule has 1 fully saturated rings. The summed E-state index contributed by atoms with van der Waals surface area (Å²) in [5.74, 6) is 0.728. The van der Waals surface area contributed by atoms with Gasteiger partial charge in [0.15, 0.2) is 0 Å². The normalized spacial score (nSPS) is 19.0. The zero-order valence-electron chi connectivity index (χ0n) is 15.5. The number of aliphatic imine (C=N–C) groups is 1. The molecule has 1 saturated heterocycles. The molecule has 0 bridgehead atoms. The summed E-state index contributed by atoms with van der Waals surface area (Å²) in [6.07, 6.45) is 2.33. The Hall–Kier alpha value is -2.51. The van der Waals surface area contributed by atoms with Crippen molar-refractivity contribution in [2.75, 3.05) is 13.1 Å². The lowest BCUT2D eigenvalue weighted by Gasteiger charge is -2.35. The number of amidine groups is 1. The standard InChI is InChI=1S/C18H25N5O3/c1-4-14-21-16(25)18(22-14)5-7-23(8-6-18)15(24)13-10-12(9-11(2)3)19-17(26)20-13/h10-11H,4-9H2,1-3H3,(H,19,20,26)(H,21,22,25). The van der Waals surface area contributed by atoms with E-state index in [9.17, 15) is 14.4 Å². The van der Waals surface area contributed by atoms with Crippen LogP contribution in [0.5, 0.6) is 0 Å². The van der Waals surface area contributed by atoms with Crippen LogP contribution in [0.15, 0.2) is 15.9 Å². The number of rotatable bonds is 4. The van der Waals surface area contributed by atoms with Crippen molar-refractivity contribution in [3.8, 4) is 0 Å². The number of amides is 2. The number of aromatic amines is 1. The van der Waals surface area contributed by atoms with E-state index in [2.05, 4.69) is 20.3 Å². The first-order valence-electron chi connectivity index (χ1n) is 9.12. The fraction of sp³-hybridized carbons (Fsp3) is 0.611. The van der Waals surface area contributed by atoms with Gasteiger partial charge in [0.05, 0.1) is 0 Å². The molecule has 0 aliphatic carbocycles. The fourth-order valence-electron chi connectivity index (χ4n) is 3.50. The van der Waals surface area contributed by atoms with Crippen molar-refractivity contribution in [1.29, 1.82) is 0 Å². The number of carbonyl (C=O) groups excluding carboxylic acids is 2. The number of hydrogen-bond donors (Lipinski definition) is 2. The predicted molar refractivity (Wildman–Crippen MR) is 97.1 cm³/mol. The average molecular weight is 359 g/mol. The molecule has 2 N–H and O–H groups in total. The third kappa shape index (κ3) is 3.54. The Morgan fingerprint density at radius 2 is 2.00 bits per heavy atom. The van der Waals surface area contributed by atoms with Gasteiger partial charge in [-0.1, -0.05) is 20.8 Å². The van der Waals surface area contributed by atoms with Gasteiger partial charge in [-0.3, -0.25) is 14.6 Å². The SMILES string of the molecule is CCC1=NC2(CCN(C(=O)c3cc(CC(C)C)[nH]c(=O)n3)CC2)C(=O)N1. The van der Waals surface area contributed by atoms with Crippen molar-refractivity contribution >= 4 is 17.6 Å². The van der Waals surface area contributed by atoms with Crippen LogP contribution < -0.4 is 11.0 Å². The molecule has 0 radical (unpaired) electrons. The van der Waals surface area contributed by atoms with E-state index in [4.69, 9.17) is 0 Å². The van der Waals surface area contributed by atoms with Gasteiger partial charge >= 0.3 is 5.69 Å². The van der Waals surface area contributed by atoms with Gasteiger partial charge in [-0.25, -0.2) is 4.79 Å². The highest BCUT2D eigenvalue weighted by molar-refractivity contribution is 6.08. The Kier molecular flexibility index (Phi) is 4.93. The van der Waals surface area contributed by atoms with Crippen LogP contribution in [0.2, 0.25) is 0 Å². The van der Waals surface area contributed by atoms with Crippen molar-refractivity contribution in [3.05, 3.63) is 27.9 Å². The Balaban J connectivity index is 1.73. The number of piperidine rings is 1. The zero-order chi connectivity index (χ0) is 18.9. The van der Waals surface area contributed by atoms with E-state index < -0.39 is 11.2 Å². The van der Waals surface area contributed by atoms with E-state index in [0.717, 1.165) is 0 Å². The minimum Gasteiger partial charge on any atom is -0.337 e. The maximum absolute atomic E-state index is 12.8. The van der Waals surface area contributed by atoms with Gasteiger partial charge in [0.25, 0.3) is 11.8 Å². The van der Waals surface area contributed by atoms with Crippen LogP contribution in [0.25, 0.3) is 0 Å². The number of carbonyl (C=O) groups is 2. The van der Waals surface area contributed by atoms with Crippen LogP contribution in [0, 0.1) is 5.92 Å². The number of aromatic nitrogens is 2. The van der Waals surface area contributed by atoms with Crippen LogP contribution in [-0.2, 0) is 11.2 Å². The third-order valence-electron chi connectivity index (χ3n) is 4.89. The van der Waals surface area contributed by atoms with Gasteiger partial charge in [-0.15, -0.1) is 0 Å². The number of nitrogens with zero attached hydrogens (tertiary/aromatic N) is 3. The molecule has 0 saturated carbocycles. The summed E-state index contributed by atoms with van der Waals surface area (Å²) >= 11 is 0. The number of nitrogens with one attached hydrogen (secondary N) is 2. The summed E-state index contributed by atoms with van der Waals surface area (Å²) < 4.78 is 0. The van der Waals surface area contributed by atoms with Gasteiger partial charge < -0.3 is 15.2 Å². The molecule has 1 aromatic rings. The Morgan fingerprint density at radius 1 is 1.31 bits per heavy atom. The van der Waals surface area contributed by atoms with Crippen molar-refractivity contribution in [2.24, 2.45) is 10.9 Å². The zero-order valence-corrected chi connectivity index (χ0v) is 15.5. The molecule has 2 aliphatic rings. The number of H-pyrrole nitrogens is 1. The molecule has 2 amide bonds. The lowest BCUT2D eigenvalue weighted by molar-refractivity contribution is -0.125. The molecule has 26 heavy (non-hydrogen) atoms. The monoisotopic (exact) mass is 359 g/mol. The lowest BCUT2D eigenvalue weighted by Crippen LogP contribution is -2.50. The van der Waals surface area contributed by atoms with Crippen molar-refractivity contribution in [3.63, 3.8) is 0 Å². The van der Waals surface area contributed by atoms with Crippen molar-refractivity contribution < 1.29 is 9.59 Å². The first kappa shape index (κ1) is 18.3. The highest BCUT2D eigenvalue weighted by atomic mass is 16.2. The summed E-state index contributed by atoms with van der Waals surface area (Å²) in [5, 5.41) is 2.82. The van der Waals surface area contributed by atoms with Crippen molar-refractivity contribution in [2.45, 2.75) is 52.0 Å². The van der Waals surface area contributed by atoms with Gasteiger partial charge in [0.1, 0.15) is 17.1 Å². The largest absolute Gasteiger partial charge is 0.345 e. The highest BCUT2D eigenvalue weighted by Gasteiger charge is 2.46. The summed E-state index contributed by atoms with van der Waals surface area (Å²) in [6, 6.07) is 1.66. The minimum atomic E-state index is -0.744. The summed E-state index contributed by atoms with van der Waals surface area (Å²) in [6.45, 7) is 6.87. The molecule has 1 spiro atoms.